The predicted molar refractivity (Wildman–Crippen MR) is 89.5 cm³/mol. The molecule has 0 radical (unpaired) electrons. The summed E-state index contributed by atoms with van der Waals surface area (Å²) in [5.74, 6) is 0.986. The maximum Gasteiger partial charge on any atom is 0.230 e. The second kappa shape index (κ2) is 8.56. The molecule has 0 aliphatic rings. The van der Waals surface area contributed by atoms with Crippen molar-refractivity contribution in [2.75, 3.05) is 12.3 Å². The number of nitrogens with one attached hydrogen (secondary N) is 1. The average molecular weight is 316 g/mol. The van der Waals surface area contributed by atoms with Gasteiger partial charge in [0, 0.05) is 18.5 Å². The predicted octanol–water partition coefficient (Wildman–Crippen LogP) is 2.47. The van der Waals surface area contributed by atoms with Crippen LogP contribution in [0.4, 0.5) is 0 Å². The van der Waals surface area contributed by atoms with Crippen molar-refractivity contribution in [2.45, 2.75) is 18.8 Å². The molecule has 0 saturated carbocycles. The highest BCUT2D eigenvalue weighted by atomic mass is 32.2. The third-order valence-corrected chi connectivity index (χ3v) is 4.22. The van der Waals surface area contributed by atoms with Gasteiger partial charge in [-0.05, 0) is 30.2 Å². The lowest BCUT2D eigenvalue weighted by molar-refractivity contribution is -0.119. The van der Waals surface area contributed by atoms with E-state index in [4.69, 9.17) is 0 Å². The van der Waals surface area contributed by atoms with Gasteiger partial charge in [-0.15, -0.1) is 11.8 Å². The zero-order chi connectivity index (χ0) is 15.8. The monoisotopic (exact) mass is 316 g/mol. The van der Waals surface area contributed by atoms with Gasteiger partial charge in [0.05, 0.1) is 17.6 Å². The lowest BCUT2D eigenvalue weighted by Gasteiger charge is -2.14. The quantitative estimate of drug-likeness (QED) is 0.824. The number of hydrogen-bond acceptors (Lipinski definition) is 4. The Balaban J connectivity index is 1.70. The Bertz CT molecular complexity index is 605. The molecule has 0 aliphatic heterocycles. The molecule has 0 fully saturated rings. The lowest BCUT2D eigenvalue weighted by atomic mass is 10.0. The topological polar surface area (TPSA) is 62.2 Å². The van der Waals surface area contributed by atoms with Crippen LogP contribution in [0.25, 0.3) is 0 Å². The molecule has 0 aliphatic carbocycles. The van der Waals surface area contributed by atoms with Crippen molar-refractivity contribution in [3.8, 4) is 0 Å². The molecule has 1 atom stereocenters. The number of nitrogens with zero attached hydrogens (tertiary/aromatic N) is 1. The van der Waals surface area contributed by atoms with Crippen LogP contribution < -0.4 is 5.32 Å². The maximum atomic E-state index is 11.8. The van der Waals surface area contributed by atoms with Crippen LogP contribution in [0.2, 0.25) is 0 Å². The first-order chi connectivity index (χ1) is 10.7. The first-order valence-electron chi connectivity index (χ1n) is 7.15. The third-order valence-electron chi connectivity index (χ3n) is 3.25. The van der Waals surface area contributed by atoms with E-state index in [0.29, 0.717) is 11.5 Å². The van der Waals surface area contributed by atoms with Gasteiger partial charge in [0.15, 0.2) is 0 Å². The highest BCUT2D eigenvalue weighted by Crippen LogP contribution is 2.16. The van der Waals surface area contributed by atoms with Gasteiger partial charge < -0.3 is 10.4 Å². The van der Waals surface area contributed by atoms with Crippen LogP contribution in [-0.4, -0.2) is 28.3 Å². The van der Waals surface area contributed by atoms with E-state index in [-0.39, 0.29) is 12.5 Å². The number of aromatic nitrogens is 1. The maximum absolute atomic E-state index is 11.8. The molecule has 2 N–H and O–H groups in total. The smallest absolute Gasteiger partial charge is 0.230 e. The molecule has 2 rings (SSSR count). The van der Waals surface area contributed by atoms with E-state index in [2.05, 4.69) is 10.3 Å². The number of thioether (sulfide) groups is 1. The SMILES string of the molecule is Cc1ccccc1C(O)CNC(=O)CSCc1ccccn1. The molecule has 1 unspecified atom stereocenters. The van der Waals surface area contributed by atoms with Crippen LogP contribution in [0.5, 0.6) is 0 Å². The Kier molecular flexibility index (Phi) is 6.43. The van der Waals surface area contributed by atoms with E-state index < -0.39 is 6.10 Å². The molecular weight excluding hydrogens is 296 g/mol. The van der Waals surface area contributed by atoms with Gasteiger partial charge in [0.25, 0.3) is 0 Å². The van der Waals surface area contributed by atoms with Gasteiger partial charge >= 0.3 is 0 Å². The fourth-order valence-corrected chi connectivity index (χ4v) is 2.83. The molecule has 22 heavy (non-hydrogen) atoms. The first-order valence-corrected chi connectivity index (χ1v) is 8.30. The van der Waals surface area contributed by atoms with Crippen LogP contribution in [0.1, 0.15) is 22.9 Å². The number of rotatable bonds is 7. The number of benzene rings is 1. The van der Waals surface area contributed by atoms with Crippen molar-refractivity contribution >= 4 is 17.7 Å². The van der Waals surface area contributed by atoms with Crippen LogP contribution >= 0.6 is 11.8 Å². The van der Waals surface area contributed by atoms with E-state index in [9.17, 15) is 9.90 Å². The highest BCUT2D eigenvalue weighted by Gasteiger charge is 2.11. The second-order valence-corrected chi connectivity index (χ2v) is 5.98. The number of aliphatic hydroxyl groups excluding tert-OH is 1. The molecule has 1 aromatic heterocycles. The standard InChI is InChI=1S/C17H20N2O2S/c1-13-6-2-3-8-15(13)16(20)10-19-17(21)12-22-11-14-7-4-5-9-18-14/h2-9,16,20H,10-12H2,1H3,(H,19,21). The summed E-state index contributed by atoms with van der Waals surface area (Å²) >= 11 is 1.51. The summed E-state index contributed by atoms with van der Waals surface area (Å²) in [6.07, 6.45) is 1.07. The van der Waals surface area contributed by atoms with Crippen molar-refractivity contribution in [1.82, 2.24) is 10.3 Å². The molecule has 0 bridgehead atoms. The van der Waals surface area contributed by atoms with E-state index in [1.165, 1.54) is 11.8 Å². The first kappa shape index (κ1) is 16.5. The summed E-state index contributed by atoms with van der Waals surface area (Å²) in [5.41, 5.74) is 2.83. The number of aliphatic hydroxyl groups is 1. The van der Waals surface area contributed by atoms with Crippen molar-refractivity contribution in [3.63, 3.8) is 0 Å². The lowest BCUT2D eigenvalue weighted by Crippen LogP contribution is -2.30. The summed E-state index contributed by atoms with van der Waals surface area (Å²) in [7, 11) is 0. The van der Waals surface area contributed by atoms with Crippen LogP contribution in [-0.2, 0) is 10.5 Å². The Morgan fingerprint density at radius 1 is 1.27 bits per heavy atom. The molecule has 0 spiro atoms. The zero-order valence-corrected chi connectivity index (χ0v) is 13.3. The van der Waals surface area contributed by atoms with Crippen LogP contribution in [0, 0.1) is 6.92 Å². The van der Waals surface area contributed by atoms with Gasteiger partial charge in [-0.2, -0.15) is 0 Å². The van der Waals surface area contributed by atoms with Crippen molar-refractivity contribution in [3.05, 3.63) is 65.5 Å². The minimum absolute atomic E-state index is 0.0754. The van der Waals surface area contributed by atoms with Crippen molar-refractivity contribution in [2.24, 2.45) is 0 Å². The molecule has 1 heterocycles. The summed E-state index contributed by atoms with van der Waals surface area (Å²) in [6, 6.07) is 13.4. The second-order valence-electron chi connectivity index (χ2n) is 4.99. The zero-order valence-electron chi connectivity index (χ0n) is 12.5. The van der Waals surface area contributed by atoms with Gasteiger partial charge in [-0.25, -0.2) is 0 Å². The molecule has 1 amide bonds. The largest absolute Gasteiger partial charge is 0.387 e. The molecule has 2 aromatic rings. The van der Waals surface area contributed by atoms with Crippen LogP contribution in [0.15, 0.2) is 48.7 Å². The normalized spacial score (nSPS) is 11.9. The highest BCUT2D eigenvalue weighted by molar-refractivity contribution is 7.99. The van der Waals surface area contributed by atoms with Gasteiger partial charge in [-0.1, -0.05) is 30.3 Å². The number of carbonyl (C=O) groups excluding carboxylic acids is 1. The molecule has 1 aromatic carbocycles. The third kappa shape index (κ3) is 5.16. The Morgan fingerprint density at radius 2 is 2.05 bits per heavy atom. The summed E-state index contributed by atoms with van der Waals surface area (Å²) in [6.45, 7) is 2.18. The Morgan fingerprint density at radius 3 is 2.77 bits per heavy atom. The van der Waals surface area contributed by atoms with Crippen molar-refractivity contribution in [1.29, 1.82) is 0 Å². The van der Waals surface area contributed by atoms with Crippen molar-refractivity contribution < 1.29 is 9.90 Å². The van der Waals surface area contributed by atoms with Gasteiger partial charge in [0.1, 0.15) is 0 Å². The summed E-state index contributed by atoms with van der Waals surface area (Å²) < 4.78 is 0. The number of amides is 1. The number of carbonyl (C=O) groups is 1. The minimum atomic E-state index is -0.675. The van der Waals surface area contributed by atoms with Crippen LogP contribution in [0.3, 0.4) is 0 Å². The van der Waals surface area contributed by atoms with E-state index >= 15 is 0 Å². The van der Waals surface area contributed by atoms with E-state index in [0.717, 1.165) is 16.8 Å². The molecule has 5 heteroatoms. The molecule has 116 valence electrons. The summed E-state index contributed by atoms with van der Waals surface area (Å²) in [4.78, 5) is 16.0. The number of hydrogen-bond donors (Lipinski definition) is 2. The summed E-state index contributed by atoms with van der Waals surface area (Å²) in [5, 5.41) is 12.9. The molecular formula is C17H20N2O2S. The van der Waals surface area contributed by atoms with Gasteiger partial charge in [-0.3, -0.25) is 9.78 Å². The van der Waals surface area contributed by atoms with E-state index in [1.807, 2.05) is 49.4 Å². The fraction of sp³-hybridized carbons (Fsp3) is 0.294. The average Bonchev–Trinajstić information content (AvgIpc) is 2.54. The fourth-order valence-electron chi connectivity index (χ4n) is 2.06. The van der Waals surface area contributed by atoms with Gasteiger partial charge in [0.2, 0.25) is 5.91 Å². The molecule has 0 saturated heterocycles. The van der Waals surface area contributed by atoms with E-state index in [1.54, 1.807) is 6.20 Å². The Labute approximate surface area is 135 Å². The minimum Gasteiger partial charge on any atom is -0.387 e. The molecule has 4 nitrogen and oxygen atoms in total. The number of pyridine rings is 1. The number of aryl methyl sites for hydroxylation is 1. The Hall–Kier alpha value is -1.85.